The standard InChI is InChI=1S/C17H18BrNO3/c1-12-8-16(20-2)17(21-3)9-14(12)11-22-19-10-13-6-4-5-7-15(13)18/h4-10H,11H2,1-3H3/b19-10-. The van der Waals surface area contributed by atoms with Crippen LogP contribution in [0.25, 0.3) is 0 Å². The molecule has 0 saturated heterocycles. The molecule has 0 bridgehead atoms. The largest absolute Gasteiger partial charge is 0.493 e. The molecule has 0 spiro atoms. The van der Waals surface area contributed by atoms with Gasteiger partial charge in [0.2, 0.25) is 0 Å². The average molecular weight is 364 g/mol. The lowest BCUT2D eigenvalue weighted by molar-refractivity contribution is 0.131. The topological polar surface area (TPSA) is 40.0 Å². The van der Waals surface area contributed by atoms with Crippen molar-refractivity contribution in [2.24, 2.45) is 5.16 Å². The smallest absolute Gasteiger partial charge is 0.161 e. The lowest BCUT2D eigenvalue weighted by Crippen LogP contribution is -1.97. The van der Waals surface area contributed by atoms with Crippen LogP contribution in [-0.4, -0.2) is 20.4 Å². The van der Waals surface area contributed by atoms with Gasteiger partial charge in [-0.1, -0.05) is 39.3 Å². The van der Waals surface area contributed by atoms with E-state index in [1.165, 1.54) is 0 Å². The zero-order chi connectivity index (χ0) is 15.9. The van der Waals surface area contributed by atoms with Crippen molar-refractivity contribution in [1.29, 1.82) is 0 Å². The van der Waals surface area contributed by atoms with Crippen LogP contribution >= 0.6 is 15.9 Å². The molecule has 0 unspecified atom stereocenters. The maximum absolute atomic E-state index is 5.38. The Hall–Kier alpha value is -2.01. The average Bonchev–Trinajstić information content (AvgIpc) is 2.53. The van der Waals surface area contributed by atoms with Crippen molar-refractivity contribution < 1.29 is 14.3 Å². The van der Waals surface area contributed by atoms with Gasteiger partial charge >= 0.3 is 0 Å². The summed E-state index contributed by atoms with van der Waals surface area (Å²) in [5, 5.41) is 4.01. The molecule has 116 valence electrons. The van der Waals surface area contributed by atoms with Crippen LogP contribution in [0.5, 0.6) is 11.5 Å². The van der Waals surface area contributed by atoms with E-state index in [1.807, 2.05) is 43.3 Å². The summed E-state index contributed by atoms with van der Waals surface area (Å²) in [6.07, 6.45) is 1.68. The first-order valence-electron chi connectivity index (χ1n) is 6.77. The van der Waals surface area contributed by atoms with E-state index in [4.69, 9.17) is 14.3 Å². The van der Waals surface area contributed by atoms with Gasteiger partial charge in [0.1, 0.15) is 6.61 Å². The first-order valence-corrected chi connectivity index (χ1v) is 7.56. The predicted octanol–water partition coefficient (Wildman–Crippen LogP) is 4.33. The highest BCUT2D eigenvalue weighted by Gasteiger charge is 2.08. The van der Waals surface area contributed by atoms with Gasteiger partial charge in [0, 0.05) is 10.0 Å². The molecule has 2 rings (SSSR count). The summed E-state index contributed by atoms with van der Waals surface area (Å²) in [6, 6.07) is 11.6. The number of rotatable bonds is 6. The Morgan fingerprint density at radius 1 is 1.09 bits per heavy atom. The molecular weight excluding hydrogens is 346 g/mol. The Balaban J connectivity index is 2.04. The molecule has 0 aliphatic heterocycles. The van der Waals surface area contributed by atoms with Gasteiger partial charge in [0.15, 0.2) is 11.5 Å². The highest BCUT2D eigenvalue weighted by molar-refractivity contribution is 9.10. The zero-order valence-corrected chi connectivity index (χ0v) is 14.4. The highest BCUT2D eigenvalue weighted by Crippen LogP contribution is 2.30. The summed E-state index contributed by atoms with van der Waals surface area (Å²) in [6.45, 7) is 2.37. The van der Waals surface area contributed by atoms with Gasteiger partial charge < -0.3 is 14.3 Å². The number of hydrogen-bond acceptors (Lipinski definition) is 4. The van der Waals surface area contributed by atoms with Crippen LogP contribution in [0.2, 0.25) is 0 Å². The maximum atomic E-state index is 5.38. The Morgan fingerprint density at radius 2 is 1.77 bits per heavy atom. The number of oxime groups is 1. The molecule has 4 nitrogen and oxygen atoms in total. The third-order valence-electron chi connectivity index (χ3n) is 3.23. The van der Waals surface area contributed by atoms with E-state index < -0.39 is 0 Å². The number of benzene rings is 2. The van der Waals surface area contributed by atoms with E-state index in [-0.39, 0.29) is 0 Å². The Labute approximate surface area is 138 Å². The van der Waals surface area contributed by atoms with Crippen LogP contribution in [0.1, 0.15) is 16.7 Å². The molecule has 0 radical (unpaired) electrons. The lowest BCUT2D eigenvalue weighted by Gasteiger charge is -2.12. The molecule has 5 heteroatoms. The van der Waals surface area contributed by atoms with Crippen LogP contribution in [-0.2, 0) is 11.4 Å². The second-order valence-electron chi connectivity index (χ2n) is 4.66. The van der Waals surface area contributed by atoms with Crippen LogP contribution < -0.4 is 9.47 Å². The molecule has 0 aromatic heterocycles. The number of ether oxygens (including phenoxy) is 2. The Bertz CT molecular complexity index is 671. The normalized spacial score (nSPS) is 10.7. The minimum Gasteiger partial charge on any atom is -0.493 e. The molecule has 22 heavy (non-hydrogen) atoms. The minimum atomic E-state index is 0.368. The van der Waals surface area contributed by atoms with Crippen molar-refractivity contribution >= 4 is 22.1 Å². The van der Waals surface area contributed by atoms with Gasteiger partial charge in [0.05, 0.1) is 20.4 Å². The third kappa shape index (κ3) is 4.01. The molecule has 2 aromatic rings. The fraction of sp³-hybridized carbons (Fsp3) is 0.235. The summed E-state index contributed by atoms with van der Waals surface area (Å²) in [7, 11) is 3.23. The van der Waals surface area contributed by atoms with Crippen LogP contribution in [0.15, 0.2) is 46.0 Å². The number of aryl methyl sites for hydroxylation is 1. The van der Waals surface area contributed by atoms with E-state index >= 15 is 0 Å². The molecule has 2 aromatic carbocycles. The summed E-state index contributed by atoms with van der Waals surface area (Å²) in [4.78, 5) is 5.38. The van der Waals surface area contributed by atoms with Crippen molar-refractivity contribution in [3.63, 3.8) is 0 Å². The van der Waals surface area contributed by atoms with Crippen LogP contribution in [0.4, 0.5) is 0 Å². The van der Waals surface area contributed by atoms with Gasteiger partial charge in [-0.2, -0.15) is 0 Å². The molecular formula is C17H18BrNO3. The molecule has 0 heterocycles. The number of methoxy groups -OCH3 is 2. The second-order valence-corrected chi connectivity index (χ2v) is 5.52. The summed E-state index contributed by atoms with van der Waals surface area (Å²) >= 11 is 3.46. The number of hydrogen-bond donors (Lipinski definition) is 0. The fourth-order valence-corrected chi connectivity index (χ4v) is 2.35. The van der Waals surface area contributed by atoms with Gasteiger partial charge in [-0.05, 0) is 36.2 Å². The van der Waals surface area contributed by atoms with E-state index in [2.05, 4.69) is 21.1 Å². The molecule has 0 aliphatic rings. The van der Waals surface area contributed by atoms with Crippen molar-refractivity contribution in [2.45, 2.75) is 13.5 Å². The monoisotopic (exact) mass is 363 g/mol. The molecule has 0 aliphatic carbocycles. The zero-order valence-electron chi connectivity index (χ0n) is 12.8. The van der Waals surface area contributed by atoms with E-state index in [1.54, 1.807) is 20.4 Å². The summed E-state index contributed by atoms with van der Waals surface area (Å²) < 4.78 is 11.5. The van der Waals surface area contributed by atoms with Crippen molar-refractivity contribution in [2.75, 3.05) is 14.2 Å². The van der Waals surface area contributed by atoms with Crippen molar-refractivity contribution in [1.82, 2.24) is 0 Å². The number of nitrogens with zero attached hydrogens (tertiary/aromatic N) is 1. The SMILES string of the molecule is COc1cc(C)c(CO/N=C\c2ccccc2Br)cc1OC. The second kappa shape index (κ2) is 7.84. The van der Waals surface area contributed by atoms with Crippen molar-refractivity contribution in [3.8, 4) is 11.5 Å². The van der Waals surface area contributed by atoms with Crippen LogP contribution in [0, 0.1) is 6.92 Å². The van der Waals surface area contributed by atoms with E-state index in [0.29, 0.717) is 18.1 Å². The lowest BCUT2D eigenvalue weighted by atomic mass is 10.1. The predicted molar refractivity (Wildman–Crippen MR) is 90.8 cm³/mol. The highest BCUT2D eigenvalue weighted by atomic mass is 79.9. The van der Waals surface area contributed by atoms with E-state index in [0.717, 1.165) is 21.2 Å². The van der Waals surface area contributed by atoms with Gasteiger partial charge in [-0.3, -0.25) is 0 Å². The fourth-order valence-electron chi connectivity index (χ4n) is 1.96. The first kappa shape index (κ1) is 16.4. The summed E-state index contributed by atoms with van der Waals surface area (Å²) in [5.41, 5.74) is 3.03. The van der Waals surface area contributed by atoms with Gasteiger partial charge in [-0.15, -0.1) is 0 Å². The molecule has 0 amide bonds. The molecule has 0 saturated carbocycles. The summed E-state index contributed by atoms with van der Waals surface area (Å²) in [5.74, 6) is 1.39. The van der Waals surface area contributed by atoms with Gasteiger partial charge in [-0.25, -0.2) is 0 Å². The Morgan fingerprint density at radius 3 is 2.45 bits per heavy atom. The van der Waals surface area contributed by atoms with Crippen LogP contribution in [0.3, 0.4) is 0 Å². The quantitative estimate of drug-likeness (QED) is 0.566. The first-order chi connectivity index (χ1) is 10.7. The number of halogens is 1. The maximum Gasteiger partial charge on any atom is 0.161 e. The van der Waals surface area contributed by atoms with Crippen molar-refractivity contribution in [3.05, 3.63) is 57.6 Å². The minimum absolute atomic E-state index is 0.368. The molecule has 0 fully saturated rings. The molecule has 0 atom stereocenters. The van der Waals surface area contributed by atoms with Gasteiger partial charge in [0.25, 0.3) is 0 Å². The van der Waals surface area contributed by atoms with E-state index in [9.17, 15) is 0 Å². The third-order valence-corrected chi connectivity index (χ3v) is 3.96. The Kier molecular flexibility index (Phi) is 5.83. The molecule has 0 N–H and O–H groups in total.